The summed E-state index contributed by atoms with van der Waals surface area (Å²) < 4.78 is 62.8. The second kappa shape index (κ2) is 9.78. The van der Waals surface area contributed by atoms with Crippen LogP contribution in [0.15, 0.2) is 35.6 Å². The summed E-state index contributed by atoms with van der Waals surface area (Å²) in [5.41, 5.74) is 1.02. The van der Waals surface area contributed by atoms with E-state index in [1.165, 1.54) is 6.07 Å². The lowest BCUT2D eigenvalue weighted by Gasteiger charge is -2.14. The molecule has 0 aliphatic carbocycles. The third-order valence-electron chi connectivity index (χ3n) is 4.85. The maximum atomic E-state index is 12.9. The SMILES string of the molecule is CCC(C)OCCOc1ccnc(CS(=O)c2nc3ccc(C(F)(F)F)cc3[nH]2)c1C. The standard InChI is InChI=1S/C21H24F3N3O3S/c1-4-13(2)29-9-10-30-19-7-8-25-18(14(19)3)12-31(28)20-26-16-6-5-15(21(22,23)24)11-17(16)27-20/h5-8,11,13H,4,9-10,12H2,1-3H3,(H,26,27). The quantitative estimate of drug-likeness (QED) is 0.470. The molecular formula is C21H24F3N3O3S. The summed E-state index contributed by atoms with van der Waals surface area (Å²) in [7, 11) is -1.62. The second-order valence-electron chi connectivity index (χ2n) is 7.08. The van der Waals surface area contributed by atoms with Crippen molar-refractivity contribution in [2.45, 2.75) is 50.4 Å². The molecule has 0 bridgehead atoms. The Morgan fingerprint density at radius 2 is 2.00 bits per heavy atom. The molecule has 0 spiro atoms. The summed E-state index contributed by atoms with van der Waals surface area (Å²) in [5.74, 6) is 0.674. The van der Waals surface area contributed by atoms with Gasteiger partial charge in [-0.3, -0.25) is 9.19 Å². The van der Waals surface area contributed by atoms with E-state index in [2.05, 4.69) is 15.0 Å². The molecule has 2 unspecified atom stereocenters. The largest absolute Gasteiger partial charge is 0.491 e. The van der Waals surface area contributed by atoms with Crippen molar-refractivity contribution in [3.8, 4) is 5.75 Å². The van der Waals surface area contributed by atoms with E-state index >= 15 is 0 Å². The van der Waals surface area contributed by atoms with Gasteiger partial charge < -0.3 is 14.5 Å². The minimum Gasteiger partial charge on any atom is -0.491 e. The molecule has 3 rings (SSSR count). The number of halogens is 3. The Kier molecular flexibility index (Phi) is 7.32. The number of fused-ring (bicyclic) bond motifs is 1. The molecule has 0 saturated carbocycles. The Balaban J connectivity index is 1.70. The molecule has 0 saturated heterocycles. The van der Waals surface area contributed by atoms with Crippen LogP contribution in [0.2, 0.25) is 0 Å². The first-order valence-electron chi connectivity index (χ1n) is 9.83. The van der Waals surface area contributed by atoms with Gasteiger partial charge in [-0.25, -0.2) is 4.98 Å². The molecule has 0 fully saturated rings. The van der Waals surface area contributed by atoms with Gasteiger partial charge in [0.2, 0.25) is 0 Å². The first-order valence-corrected chi connectivity index (χ1v) is 11.1. The molecule has 168 valence electrons. The lowest BCUT2D eigenvalue weighted by Crippen LogP contribution is -2.14. The number of aromatic amines is 1. The topological polar surface area (TPSA) is 77.1 Å². The molecule has 0 amide bonds. The maximum absolute atomic E-state index is 12.9. The first-order chi connectivity index (χ1) is 14.7. The highest BCUT2D eigenvalue weighted by atomic mass is 32.2. The molecular weight excluding hydrogens is 431 g/mol. The van der Waals surface area contributed by atoms with Crippen molar-refractivity contribution in [3.63, 3.8) is 0 Å². The molecule has 2 aromatic heterocycles. The summed E-state index contributed by atoms with van der Waals surface area (Å²) >= 11 is 0. The van der Waals surface area contributed by atoms with Gasteiger partial charge in [-0.2, -0.15) is 13.2 Å². The van der Waals surface area contributed by atoms with Gasteiger partial charge in [0.1, 0.15) is 12.4 Å². The number of H-pyrrole nitrogens is 1. The van der Waals surface area contributed by atoms with Crippen molar-refractivity contribution < 1.29 is 26.9 Å². The fraction of sp³-hybridized carbons (Fsp3) is 0.429. The number of hydrogen-bond acceptors (Lipinski definition) is 5. The molecule has 0 radical (unpaired) electrons. The third kappa shape index (κ3) is 5.82. The van der Waals surface area contributed by atoms with Crippen molar-refractivity contribution in [2.75, 3.05) is 13.2 Å². The maximum Gasteiger partial charge on any atom is 0.416 e. The van der Waals surface area contributed by atoms with Crippen molar-refractivity contribution in [3.05, 3.63) is 47.3 Å². The zero-order chi connectivity index (χ0) is 22.6. The second-order valence-corrected chi connectivity index (χ2v) is 8.45. The summed E-state index contributed by atoms with van der Waals surface area (Å²) in [4.78, 5) is 11.2. The summed E-state index contributed by atoms with van der Waals surface area (Å²) in [6.07, 6.45) is -1.81. The average Bonchev–Trinajstić information content (AvgIpc) is 3.16. The number of benzene rings is 1. The minimum atomic E-state index is -4.46. The Morgan fingerprint density at radius 1 is 1.23 bits per heavy atom. The van der Waals surface area contributed by atoms with Crippen molar-refractivity contribution >= 4 is 21.8 Å². The van der Waals surface area contributed by atoms with Gasteiger partial charge in [0.15, 0.2) is 5.16 Å². The molecule has 1 aromatic carbocycles. The fourth-order valence-corrected chi connectivity index (χ4v) is 3.94. The Morgan fingerprint density at radius 3 is 2.71 bits per heavy atom. The monoisotopic (exact) mass is 455 g/mol. The van der Waals surface area contributed by atoms with Gasteiger partial charge in [0.25, 0.3) is 0 Å². The van der Waals surface area contributed by atoms with E-state index in [4.69, 9.17) is 9.47 Å². The molecule has 31 heavy (non-hydrogen) atoms. The van der Waals surface area contributed by atoms with Crippen molar-refractivity contribution in [1.29, 1.82) is 0 Å². The molecule has 10 heteroatoms. The minimum absolute atomic E-state index is 0.0539. The number of hydrogen-bond donors (Lipinski definition) is 1. The Bertz CT molecular complexity index is 1070. The predicted octanol–water partition coefficient (Wildman–Crippen LogP) is 4.79. The van der Waals surface area contributed by atoms with Crippen molar-refractivity contribution in [2.24, 2.45) is 0 Å². The van der Waals surface area contributed by atoms with E-state index in [-0.39, 0.29) is 22.5 Å². The van der Waals surface area contributed by atoms with Crippen LogP contribution in [0.25, 0.3) is 11.0 Å². The lowest BCUT2D eigenvalue weighted by molar-refractivity contribution is -0.137. The van der Waals surface area contributed by atoms with Gasteiger partial charge in [-0.1, -0.05) is 6.92 Å². The van der Waals surface area contributed by atoms with Crippen LogP contribution in [-0.2, 0) is 27.5 Å². The van der Waals surface area contributed by atoms with Crippen LogP contribution >= 0.6 is 0 Å². The molecule has 2 heterocycles. The van der Waals surface area contributed by atoms with Gasteiger partial charge in [-0.05, 0) is 44.5 Å². The van der Waals surface area contributed by atoms with Crippen LogP contribution in [0, 0.1) is 6.92 Å². The lowest BCUT2D eigenvalue weighted by atomic mass is 10.2. The van der Waals surface area contributed by atoms with E-state index in [0.29, 0.717) is 30.2 Å². The number of aromatic nitrogens is 3. The van der Waals surface area contributed by atoms with Gasteiger partial charge in [-0.15, -0.1) is 0 Å². The highest BCUT2D eigenvalue weighted by Crippen LogP contribution is 2.31. The van der Waals surface area contributed by atoms with E-state index in [1.54, 1.807) is 12.3 Å². The van der Waals surface area contributed by atoms with E-state index < -0.39 is 22.5 Å². The van der Waals surface area contributed by atoms with Crippen LogP contribution in [0.4, 0.5) is 13.2 Å². The van der Waals surface area contributed by atoms with Gasteiger partial charge in [0, 0.05) is 11.8 Å². The molecule has 3 aromatic rings. The summed E-state index contributed by atoms with van der Waals surface area (Å²) in [6.45, 7) is 6.69. The number of imidazole rings is 1. The number of nitrogens with one attached hydrogen (secondary N) is 1. The fourth-order valence-electron chi connectivity index (χ4n) is 2.84. The zero-order valence-corrected chi connectivity index (χ0v) is 18.3. The predicted molar refractivity (Wildman–Crippen MR) is 111 cm³/mol. The number of rotatable bonds is 9. The molecule has 0 aliphatic heterocycles. The third-order valence-corrected chi connectivity index (χ3v) is 6.01. The van der Waals surface area contributed by atoms with Crippen LogP contribution in [0.3, 0.4) is 0 Å². The molecule has 2 atom stereocenters. The molecule has 1 N–H and O–H groups in total. The smallest absolute Gasteiger partial charge is 0.416 e. The van der Waals surface area contributed by atoms with Crippen LogP contribution in [0.1, 0.15) is 37.1 Å². The highest BCUT2D eigenvalue weighted by Gasteiger charge is 2.30. The number of pyridine rings is 1. The average molecular weight is 456 g/mol. The highest BCUT2D eigenvalue weighted by molar-refractivity contribution is 7.84. The number of alkyl halides is 3. The number of nitrogens with zero attached hydrogens (tertiary/aromatic N) is 2. The molecule has 6 nitrogen and oxygen atoms in total. The first kappa shape index (κ1) is 23.2. The normalized spacial score (nSPS) is 14.0. The van der Waals surface area contributed by atoms with Crippen LogP contribution in [-0.4, -0.2) is 38.5 Å². The van der Waals surface area contributed by atoms with Crippen LogP contribution < -0.4 is 4.74 Å². The summed E-state index contributed by atoms with van der Waals surface area (Å²) in [5, 5.41) is 0.101. The molecule has 0 aliphatic rings. The van der Waals surface area contributed by atoms with Gasteiger partial charge in [0.05, 0.1) is 51.6 Å². The summed E-state index contributed by atoms with van der Waals surface area (Å²) in [6, 6.07) is 4.90. The van der Waals surface area contributed by atoms with E-state index in [9.17, 15) is 17.4 Å². The Labute approximate surface area is 180 Å². The van der Waals surface area contributed by atoms with Gasteiger partial charge >= 0.3 is 6.18 Å². The van der Waals surface area contributed by atoms with Crippen LogP contribution in [0.5, 0.6) is 5.75 Å². The van der Waals surface area contributed by atoms with E-state index in [1.807, 2.05) is 20.8 Å². The Hall–Kier alpha value is -2.46. The van der Waals surface area contributed by atoms with E-state index in [0.717, 1.165) is 24.1 Å². The number of ether oxygens (including phenoxy) is 2. The zero-order valence-electron chi connectivity index (χ0n) is 17.5. The van der Waals surface area contributed by atoms with Crippen molar-refractivity contribution in [1.82, 2.24) is 15.0 Å².